The second-order valence-electron chi connectivity index (χ2n) is 5.57. The summed E-state index contributed by atoms with van der Waals surface area (Å²) in [4.78, 5) is 16.7. The Bertz CT molecular complexity index is 449. The maximum atomic E-state index is 12.6. The number of aliphatic hydroxyl groups is 1. The van der Waals surface area contributed by atoms with E-state index in [-0.39, 0.29) is 24.1 Å². The molecule has 2 aliphatic rings. The number of rotatable bonds is 1. The second kappa shape index (κ2) is 4.35. The van der Waals surface area contributed by atoms with Gasteiger partial charge in [0.15, 0.2) is 0 Å². The predicted octanol–water partition coefficient (Wildman–Crippen LogP) is 2.49. The number of hydrogen-bond donors (Lipinski definition) is 1. The van der Waals surface area contributed by atoms with Crippen molar-refractivity contribution in [1.29, 1.82) is 0 Å². The summed E-state index contributed by atoms with van der Waals surface area (Å²) in [6, 6.07) is 2.52. The Hall–Kier alpha value is -0.870. The lowest BCUT2D eigenvalue weighted by molar-refractivity contribution is 0.0290. The van der Waals surface area contributed by atoms with E-state index in [1.165, 1.54) is 10.4 Å². The summed E-state index contributed by atoms with van der Waals surface area (Å²) in [7, 11) is 0. The molecule has 0 aliphatic carbocycles. The molecule has 3 nitrogen and oxygen atoms in total. The van der Waals surface area contributed by atoms with Gasteiger partial charge in [-0.2, -0.15) is 0 Å². The fourth-order valence-corrected chi connectivity index (χ4v) is 4.26. The van der Waals surface area contributed by atoms with E-state index < -0.39 is 0 Å². The van der Waals surface area contributed by atoms with Crippen molar-refractivity contribution in [3.8, 4) is 0 Å². The summed E-state index contributed by atoms with van der Waals surface area (Å²) in [6.45, 7) is 4.11. The van der Waals surface area contributed by atoms with Crippen LogP contribution in [0, 0.1) is 13.8 Å². The molecule has 0 aromatic carbocycles. The molecule has 3 rings (SSSR count). The number of carbonyl (C=O) groups is 1. The van der Waals surface area contributed by atoms with Crippen molar-refractivity contribution < 1.29 is 9.90 Å². The highest BCUT2D eigenvalue weighted by Gasteiger charge is 2.43. The molecule has 2 atom stereocenters. The molecule has 2 bridgehead atoms. The molecule has 0 radical (unpaired) electrons. The summed E-state index contributed by atoms with van der Waals surface area (Å²) in [6.07, 6.45) is 3.41. The third-order valence-electron chi connectivity index (χ3n) is 4.32. The second-order valence-corrected chi connectivity index (χ2v) is 6.83. The fraction of sp³-hybridized carbons (Fsp3) is 0.643. The lowest BCUT2D eigenvalue weighted by Gasteiger charge is -2.36. The molecule has 1 amide bonds. The third-order valence-corrected chi connectivity index (χ3v) is 5.46. The minimum absolute atomic E-state index is 0.176. The van der Waals surface area contributed by atoms with E-state index in [0.717, 1.165) is 30.6 Å². The van der Waals surface area contributed by atoms with Gasteiger partial charge >= 0.3 is 0 Å². The minimum atomic E-state index is -0.210. The molecule has 2 unspecified atom stereocenters. The average molecular weight is 265 g/mol. The number of hydrogen-bond acceptors (Lipinski definition) is 3. The van der Waals surface area contributed by atoms with Gasteiger partial charge < -0.3 is 10.0 Å². The third kappa shape index (κ3) is 1.88. The van der Waals surface area contributed by atoms with Gasteiger partial charge in [0.1, 0.15) is 0 Å². The van der Waals surface area contributed by atoms with E-state index in [0.29, 0.717) is 0 Å². The van der Waals surface area contributed by atoms with Crippen LogP contribution in [0.4, 0.5) is 0 Å². The van der Waals surface area contributed by atoms with Crippen molar-refractivity contribution >= 4 is 17.2 Å². The molecular weight excluding hydrogens is 246 g/mol. The number of fused-ring (bicyclic) bond motifs is 2. The number of carbonyl (C=O) groups excluding carboxylic acids is 1. The van der Waals surface area contributed by atoms with Crippen molar-refractivity contribution in [3.63, 3.8) is 0 Å². The first-order valence-corrected chi connectivity index (χ1v) is 7.45. The van der Waals surface area contributed by atoms with Crippen molar-refractivity contribution in [2.45, 2.75) is 57.7 Å². The van der Waals surface area contributed by atoms with Crippen LogP contribution in [0.1, 0.15) is 45.8 Å². The van der Waals surface area contributed by atoms with Crippen LogP contribution in [0.25, 0.3) is 0 Å². The van der Waals surface area contributed by atoms with Gasteiger partial charge in [-0.1, -0.05) is 0 Å². The molecule has 1 aromatic heterocycles. The highest BCUT2D eigenvalue weighted by atomic mass is 32.1. The first-order chi connectivity index (χ1) is 8.56. The minimum Gasteiger partial charge on any atom is -0.393 e. The molecule has 18 heavy (non-hydrogen) atoms. The zero-order chi connectivity index (χ0) is 12.9. The van der Waals surface area contributed by atoms with Crippen LogP contribution in [-0.2, 0) is 0 Å². The Labute approximate surface area is 111 Å². The lowest BCUT2D eigenvalue weighted by Crippen LogP contribution is -2.47. The molecule has 4 heteroatoms. The van der Waals surface area contributed by atoms with Gasteiger partial charge in [0.25, 0.3) is 5.91 Å². The van der Waals surface area contributed by atoms with Crippen molar-refractivity contribution in [1.82, 2.24) is 4.90 Å². The van der Waals surface area contributed by atoms with E-state index in [9.17, 15) is 9.90 Å². The maximum Gasteiger partial charge on any atom is 0.264 e. The number of amides is 1. The van der Waals surface area contributed by atoms with Crippen LogP contribution in [-0.4, -0.2) is 34.1 Å². The van der Waals surface area contributed by atoms with Gasteiger partial charge in [-0.15, -0.1) is 11.3 Å². The quantitative estimate of drug-likeness (QED) is 0.847. The molecule has 3 heterocycles. The van der Waals surface area contributed by atoms with Gasteiger partial charge in [-0.05, 0) is 51.2 Å². The Morgan fingerprint density at radius 2 is 1.94 bits per heavy atom. The molecule has 2 fully saturated rings. The lowest BCUT2D eigenvalue weighted by atomic mass is 9.99. The maximum absolute atomic E-state index is 12.6. The Kier molecular flexibility index (Phi) is 2.94. The monoisotopic (exact) mass is 265 g/mol. The van der Waals surface area contributed by atoms with Gasteiger partial charge in [0, 0.05) is 17.0 Å². The van der Waals surface area contributed by atoms with E-state index in [4.69, 9.17) is 0 Å². The average Bonchev–Trinajstić information content (AvgIpc) is 2.78. The zero-order valence-corrected chi connectivity index (χ0v) is 11.7. The number of nitrogens with zero attached hydrogens (tertiary/aromatic N) is 1. The first-order valence-electron chi connectivity index (χ1n) is 6.64. The summed E-state index contributed by atoms with van der Waals surface area (Å²) in [5.41, 5.74) is 1.20. The predicted molar refractivity (Wildman–Crippen MR) is 72.0 cm³/mol. The standard InChI is InChI=1S/C14H19NO2S/c1-8-5-13(18-9(8)2)14(17)15-10-3-4-11(15)7-12(16)6-10/h5,10-12,16H,3-4,6-7H2,1-2H3. The van der Waals surface area contributed by atoms with E-state index in [1.807, 2.05) is 11.0 Å². The topological polar surface area (TPSA) is 40.5 Å². The Morgan fingerprint density at radius 1 is 1.33 bits per heavy atom. The highest BCUT2D eigenvalue weighted by molar-refractivity contribution is 7.14. The number of piperidine rings is 1. The van der Waals surface area contributed by atoms with Crippen LogP contribution in [0.5, 0.6) is 0 Å². The van der Waals surface area contributed by atoms with Crippen LogP contribution < -0.4 is 0 Å². The first kappa shape index (κ1) is 12.2. The molecule has 1 N–H and O–H groups in total. The van der Waals surface area contributed by atoms with Crippen LogP contribution in [0.15, 0.2) is 6.07 Å². The van der Waals surface area contributed by atoms with Crippen molar-refractivity contribution in [2.75, 3.05) is 0 Å². The smallest absolute Gasteiger partial charge is 0.264 e. The van der Waals surface area contributed by atoms with Gasteiger partial charge in [-0.3, -0.25) is 4.79 Å². The normalized spacial score (nSPS) is 30.8. The molecule has 0 saturated carbocycles. The summed E-state index contributed by atoms with van der Waals surface area (Å²) in [5.74, 6) is 0.176. The van der Waals surface area contributed by atoms with Crippen LogP contribution in [0.3, 0.4) is 0 Å². The summed E-state index contributed by atoms with van der Waals surface area (Å²) >= 11 is 1.60. The fourth-order valence-electron chi connectivity index (χ4n) is 3.29. The number of aliphatic hydroxyl groups excluding tert-OH is 1. The van der Waals surface area contributed by atoms with E-state index in [2.05, 4.69) is 13.8 Å². The van der Waals surface area contributed by atoms with Crippen molar-refractivity contribution in [2.24, 2.45) is 0 Å². The number of aryl methyl sites for hydroxylation is 2. The van der Waals surface area contributed by atoms with Crippen LogP contribution >= 0.6 is 11.3 Å². The molecular formula is C14H19NO2S. The molecule has 2 saturated heterocycles. The summed E-state index contributed by atoms with van der Waals surface area (Å²) < 4.78 is 0. The van der Waals surface area contributed by atoms with Gasteiger partial charge in [-0.25, -0.2) is 0 Å². The molecule has 0 spiro atoms. The van der Waals surface area contributed by atoms with E-state index in [1.54, 1.807) is 11.3 Å². The number of thiophene rings is 1. The SMILES string of the molecule is Cc1cc(C(=O)N2C3CCC2CC(O)C3)sc1C. The van der Waals surface area contributed by atoms with E-state index >= 15 is 0 Å². The van der Waals surface area contributed by atoms with Gasteiger partial charge in [0.05, 0.1) is 11.0 Å². The Balaban J connectivity index is 1.85. The largest absolute Gasteiger partial charge is 0.393 e. The molecule has 2 aliphatic heterocycles. The zero-order valence-electron chi connectivity index (χ0n) is 10.8. The molecule has 1 aromatic rings. The van der Waals surface area contributed by atoms with Crippen molar-refractivity contribution in [3.05, 3.63) is 21.4 Å². The van der Waals surface area contributed by atoms with Gasteiger partial charge in [0.2, 0.25) is 0 Å². The highest BCUT2D eigenvalue weighted by Crippen LogP contribution is 2.37. The molecule has 98 valence electrons. The van der Waals surface area contributed by atoms with Crippen LogP contribution in [0.2, 0.25) is 0 Å². The summed E-state index contributed by atoms with van der Waals surface area (Å²) in [5, 5.41) is 9.77. The Morgan fingerprint density at radius 3 is 2.44 bits per heavy atom.